The summed E-state index contributed by atoms with van der Waals surface area (Å²) in [7, 11) is -3.53. The number of pyridine rings is 1. The summed E-state index contributed by atoms with van der Waals surface area (Å²) in [5.74, 6) is -0.0117. The minimum absolute atomic E-state index is 0.0117. The Bertz CT molecular complexity index is 586. The summed E-state index contributed by atoms with van der Waals surface area (Å²) in [6, 6.07) is 1.50. The van der Waals surface area contributed by atoms with E-state index in [4.69, 9.17) is 5.73 Å². The fourth-order valence-electron chi connectivity index (χ4n) is 1.71. The first kappa shape index (κ1) is 14.2. The van der Waals surface area contributed by atoms with Crippen molar-refractivity contribution in [2.24, 2.45) is 11.7 Å². The van der Waals surface area contributed by atoms with E-state index in [0.717, 1.165) is 0 Å². The van der Waals surface area contributed by atoms with E-state index in [9.17, 15) is 13.2 Å². The summed E-state index contributed by atoms with van der Waals surface area (Å²) in [4.78, 5) is 14.4. The maximum Gasteiger partial charge on any atom is 0.404 e. The van der Waals surface area contributed by atoms with Crippen LogP contribution in [0.25, 0.3) is 0 Å². The summed E-state index contributed by atoms with van der Waals surface area (Å²) in [5.41, 5.74) is 4.84. The van der Waals surface area contributed by atoms with E-state index in [2.05, 4.69) is 25.7 Å². The maximum absolute atomic E-state index is 12.2. The molecule has 0 aromatic carbocycles. The fraction of sp³-hybridized carbons (Fsp3) is 0.400. The van der Waals surface area contributed by atoms with Crippen molar-refractivity contribution in [1.29, 1.82) is 0 Å². The van der Waals surface area contributed by atoms with Crippen LogP contribution in [0.4, 0.5) is 4.79 Å². The van der Waals surface area contributed by atoms with Gasteiger partial charge in [0.1, 0.15) is 4.90 Å². The van der Waals surface area contributed by atoms with Crippen molar-refractivity contribution in [1.82, 2.24) is 9.29 Å². The third kappa shape index (κ3) is 3.23. The molecule has 9 heteroatoms. The van der Waals surface area contributed by atoms with Crippen molar-refractivity contribution < 1.29 is 17.9 Å². The normalized spacial score (nSPS) is 16.9. The van der Waals surface area contributed by atoms with Crippen LogP contribution >= 0.6 is 15.9 Å². The van der Waals surface area contributed by atoms with Crippen molar-refractivity contribution >= 4 is 32.0 Å². The Morgan fingerprint density at radius 1 is 1.53 bits per heavy atom. The van der Waals surface area contributed by atoms with Crippen LogP contribution in [-0.4, -0.2) is 43.5 Å². The predicted molar refractivity (Wildman–Crippen MR) is 69.7 cm³/mol. The number of hydrogen-bond donors (Lipinski definition) is 1. The number of ether oxygens (including phenoxy) is 1. The lowest BCUT2D eigenvalue weighted by Gasteiger charge is -2.37. The number of hydrogen-bond acceptors (Lipinski definition) is 5. The van der Waals surface area contributed by atoms with Gasteiger partial charge in [0.2, 0.25) is 10.0 Å². The molecule has 1 fully saturated rings. The predicted octanol–water partition coefficient (Wildman–Crippen LogP) is 0.560. The van der Waals surface area contributed by atoms with Gasteiger partial charge in [0.05, 0.1) is 6.61 Å². The first-order valence-electron chi connectivity index (χ1n) is 5.42. The van der Waals surface area contributed by atoms with E-state index in [1.807, 2.05) is 0 Å². The number of sulfonamides is 1. The SMILES string of the molecule is NC(=O)OCC1CN(S(=O)(=O)c2cncc(Br)c2)C1. The molecule has 2 heterocycles. The Balaban J connectivity index is 1.98. The third-order valence-electron chi connectivity index (χ3n) is 2.70. The largest absolute Gasteiger partial charge is 0.449 e. The topological polar surface area (TPSA) is 103 Å². The van der Waals surface area contributed by atoms with Crippen molar-refractivity contribution in [3.63, 3.8) is 0 Å². The fourth-order valence-corrected chi connectivity index (χ4v) is 3.81. The summed E-state index contributed by atoms with van der Waals surface area (Å²) < 4.78 is 30.9. The average Bonchev–Trinajstić information content (AvgIpc) is 2.26. The van der Waals surface area contributed by atoms with Crippen LogP contribution in [0.5, 0.6) is 0 Å². The van der Waals surface area contributed by atoms with Crippen molar-refractivity contribution in [2.75, 3.05) is 19.7 Å². The second-order valence-electron chi connectivity index (χ2n) is 4.16. The van der Waals surface area contributed by atoms with Gasteiger partial charge in [-0.05, 0) is 22.0 Å². The molecule has 104 valence electrons. The highest BCUT2D eigenvalue weighted by molar-refractivity contribution is 9.10. The highest BCUT2D eigenvalue weighted by atomic mass is 79.9. The van der Waals surface area contributed by atoms with E-state index in [0.29, 0.717) is 17.6 Å². The third-order valence-corrected chi connectivity index (χ3v) is 4.93. The van der Waals surface area contributed by atoms with Gasteiger partial charge in [0.15, 0.2) is 0 Å². The van der Waals surface area contributed by atoms with Gasteiger partial charge in [-0.15, -0.1) is 0 Å². The summed E-state index contributed by atoms with van der Waals surface area (Å²) >= 11 is 3.18. The van der Waals surface area contributed by atoms with Gasteiger partial charge in [0, 0.05) is 35.9 Å². The number of aromatic nitrogens is 1. The number of nitrogens with two attached hydrogens (primary N) is 1. The summed E-state index contributed by atoms with van der Waals surface area (Å²) in [5, 5.41) is 0. The quantitative estimate of drug-likeness (QED) is 0.855. The molecular formula is C10H12BrN3O4S. The molecule has 19 heavy (non-hydrogen) atoms. The molecule has 0 aliphatic carbocycles. The number of halogens is 1. The van der Waals surface area contributed by atoms with Gasteiger partial charge < -0.3 is 10.5 Å². The number of rotatable bonds is 4. The molecule has 1 aliphatic rings. The molecule has 0 spiro atoms. The first-order valence-corrected chi connectivity index (χ1v) is 7.66. The zero-order chi connectivity index (χ0) is 14.0. The molecule has 1 aliphatic heterocycles. The number of carbonyl (C=O) groups excluding carboxylic acids is 1. The monoisotopic (exact) mass is 349 g/mol. The molecule has 2 rings (SSSR count). The van der Waals surface area contributed by atoms with E-state index in [-0.39, 0.29) is 17.4 Å². The Morgan fingerprint density at radius 2 is 2.21 bits per heavy atom. The highest BCUT2D eigenvalue weighted by Crippen LogP contribution is 2.26. The maximum atomic E-state index is 12.2. The molecule has 1 saturated heterocycles. The van der Waals surface area contributed by atoms with E-state index >= 15 is 0 Å². The van der Waals surface area contributed by atoms with E-state index in [1.165, 1.54) is 22.8 Å². The molecular weight excluding hydrogens is 338 g/mol. The van der Waals surface area contributed by atoms with Gasteiger partial charge in [-0.3, -0.25) is 4.98 Å². The van der Waals surface area contributed by atoms with Gasteiger partial charge in [-0.2, -0.15) is 4.31 Å². The zero-order valence-electron chi connectivity index (χ0n) is 9.82. The molecule has 0 radical (unpaired) electrons. The first-order chi connectivity index (χ1) is 8.89. The molecule has 2 N–H and O–H groups in total. The van der Waals surface area contributed by atoms with Crippen molar-refractivity contribution in [3.05, 3.63) is 22.9 Å². The van der Waals surface area contributed by atoms with Gasteiger partial charge in [-0.25, -0.2) is 13.2 Å². The van der Waals surface area contributed by atoms with Crippen LogP contribution in [-0.2, 0) is 14.8 Å². The Hall–Kier alpha value is -1.19. The van der Waals surface area contributed by atoms with E-state index < -0.39 is 16.1 Å². The molecule has 1 aromatic rings. The van der Waals surface area contributed by atoms with Crippen LogP contribution in [0.3, 0.4) is 0 Å². The van der Waals surface area contributed by atoms with Crippen LogP contribution in [0, 0.1) is 5.92 Å². The molecule has 0 unspecified atom stereocenters. The number of nitrogens with zero attached hydrogens (tertiary/aromatic N) is 2. The minimum Gasteiger partial charge on any atom is -0.449 e. The Labute approximate surface area is 118 Å². The van der Waals surface area contributed by atoms with Crippen LogP contribution in [0.1, 0.15) is 0 Å². The van der Waals surface area contributed by atoms with Crippen molar-refractivity contribution in [3.8, 4) is 0 Å². The molecule has 0 atom stereocenters. The van der Waals surface area contributed by atoms with Crippen LogP contribution in [0.2, 0.25) is 0 Å². The minimum atomic E-state index is -3.53. The second kappa shape index (κ2) is 5.43. The molecule has 0 saturated carbocycles. The number of carbonyl (C=O) groups is 1. The molecule has 7 nitrogen and oxygen atoms in total. The Morgan fingerprint density at radius 3 is 2.79 bits per heavy atom. The van der Waals surface area contributed by atoms with Gasteiger partial charge >= 0.3 is 6.09 Å². The number of primary amides is 1. The van der Waals surface area contributed by atoms with Crippen LogP contribution < -0.4 is 5.73 Å². The van der Waals surface area contributed by atoms with Gasteiger partial charge in [-0.1, -0.05) is 0 Å². The molecule has 0 bridgehead atoms. The molecule has 1 amide bonds. The zero-order valence-corrected chi connectivity index (χ0v) is 12.2. The molecule has 1 aromatic heterocycles. The average molecular weight is 350 g/mol. The smallest absolute Gasteiger partial charge is 0.404 e. The number of amides is 1. The Kier molecular flexibility index (Phi) is 4.07. The highest BCUT2D eigenvalue weighted by Gasteiger charge is 2.37. The standard InChI is InChI=1S/C10H12BrN3O4S/c11-8-1-9(3-13-2-8)19(16,17)14-4-7(5-14)6-18-10(12)15/h1-3,7H,4-6H2,(H2,12,15). The van der Waals surface area contributed by atoms with Crippen LogP contribution in [0.15, 0.2) is 27.8 Å². The van der Waals surface area contributed by atoms with Crippen molar-refractivity contribution in [2.45, 2.75) is 4.90 Å². The second-order valence-corrected chi connectivity index (χ2v) is 7.01. The lowest BCUT2D eigenvalue weighted by molar-refractivity contribution is 0.0887. The lowest BCUT2D eigenvalue weighted by atomic mass is 10.1. The van der Waals surface area contributed by atoms with Gasteiger partial charge in [0.25, 0.3) is 0 Å². The lowest BCUT2D eigenvalue weighted by Crippen LogP contribution is -2.51. The summed E-state index contributed by atoms with van der Waals surface area (Å²) in [6.45, 7) is 0.752. The van der Waals surface area contributed by atoms with E-state index in [1.54, 1.807) is 0 Å². The summed E-state index contributed by atoms with van der Waals surface area (Å²) in [6.07, 6.45) is 1.96.